The van der Waals surface area contributed by atoms with Crippen LogP contribution in [0.1, 0.15) is 97.1 Å². The highest BCUT2D eigenvalue weighted by Gasteiger charge is 2.19. The molecule has 726 valence electrons. The van der Waals surface area contributed by atoms with Crippen LogP contribution in [-0.4, -0.2) is 0 Å². The lowest BCUT2D eigenvalue weighted by Crippen LogP contribution is -1.81. The molecule has 0 radical (unpaired) electrons. The highest BCUT2D eigenvalue weighted by atomic mass is 32.1. The second-order valence-corrected chi connectivity index (χ2v) is 36.7. The van der Waals surface area contributed by atoms with Gasteiger partial charge in [0.1, 0.15) is 22.3 Å². The van der Waals surface area contributed by atoms with E-state index < -0.39 is 0 Å². The Morgan fingerprint density at radius 3 is 0.870 bits per heavy atom. The fraction of sp³-hybridized carbons (Fsp3) is 0.106. The molecule has 0 N–H and O–H groups in total. The molecule has 5 heteroatoms. The van der Waals surface area contributed by atoms with E-state index in [0.717, 1.165) is 33.5 Å². The van der Waals surface area contributed by atoms with Crippen molar-refractivity contribution < 1.29 is 8.83 Å². The van der Waals surface area contributed by atoms with E-state index in [0.29, 0.717) is 0 Å². The van der Waals surface area contributed by atoms with Gasteiger partial charge >= 0.3 is 0 Å². The fourth-order valence-corrected chi connectivity index (χ4v) is 20.7. The lowest BCUT2D eigenvalue weighted by molar-refractivity contribution is 0.669. The molecule has 0 spiro atoms. The largest absolute Gasteiger partial charge is 0.455 e. The van der Waals surface area contributed by atoms with E-state index in [-0.39, 0.29) is 0 Å². The van der Waals surface area contributed by atoms with Gasteiger partial charge < -0.3 is 8.83 Å². The van der Waals surface area contributed by atoms with Crippen LogP contribution in [0.2, 0.25) is 0 Å². The third kappa shape index (κ3) is 27.9. The molecule has 5 aromatic heterocycles. The molecule has 5 heterocycles. The van der Waals surface area contributed by atoms with Crippen molar-refractivity contribution in [2.45, 2.75) is 104 Å². The first-order valence-electron chi connectivity index (χ1n) is 51.2. The van der Waals surface area contributed by atoms with Crippen molar-refractivity contribution in [3.63, 3.8) is 0 Å². The predicted octanol–water partition coefficient (Wildman–Crippen LogP) is 44.6. The van der Waals surface area contributed by atoms with Gasteiger partial charge in [-0.2, -0.15) is 0 Å². The summed E-state index contributed by atoms with van der Waals surface area (Å²) in [6.07, 6.45) is 0. The second-order valence-electron chi connectivity index (χ2n) is 33.5. The molecule has 0 aliphatic heterocycles. The zero-order chi connectivity index (χ0) is 103. The minimum atomic E-state index is 0.941. The molecular weight excluding hydrogens is 1820 g/mol. The standard InChI is InChI=1S/C22H14O.C22H14S.C18H12O.C18H12S.C16H10S.5C7H8.5C2H6/c2*1-2-8-15(9-3-1)19-14-16-10-4-5-11-17(16)21-18-12-6-7-13-20(18)23-22(19)21;2*1-2-7-13(8-3-1)14-10-6-11-16-15-9-4-5-12-17(15)19-18(14)16;1-2-6-12-10-16-14(9-11(12)5-1)13-7-3-4-8-15(13)17-16;5*1-7-5-3-2-4-6-7;5*1-2/h2*1-14H;2*1-12H;1-10H;5*2-6H,1H3;5*1-2H3. The highest BCUT2D eigenvalue weighted by molar-refractivity contribution is 7.27. The zero-order valence-corrected chi connectivity index (χ0v) is 89.2. The molecule has 0 atom stereocenters. The number of thiophene rings is 3. The maximum absolute atomic E-state index is 6.25. The molecule has 0 amide bonds. The van der Waals surface area contributed by atoms with Crippen molar-refractivity contribution >= 4 is 171 Å². The number of aryl methyl sites for hydroxylation is 5. The third-order valence-electron chi connectivity index (χ3n) is 23.8. The van der Waals surface area contributed by atoms with Gasteiger partial charge in [-0.1, -0.05) is 570 Å². The summed E-state index contributed by atoms with van der Waals surface area (Å²) >= 11 is 5.66. The van der Waals surface area contributed by atoms with Gasteiger partial charge in [-0.15, -0.1) is 34.0 Å². The first-order valence-corrected chi connectivity index (χ1v) is 53.6. The van der Waals surface area contributed by atoms with Crippen LogP contribution < -0.4 is 0 Å². The normalized spacial score (nSPS) is 10.2. The Bertz CT molecular complexity index is 7980. The summed E-state index contributed by atoms with van der Waals surface area (Å²) in [6.45, 7) is 30.4. The maximum atomic E-state index is 6.25. The van der Waals surface area contributed by atoms with Crippen molar-refractivity contribution in [3.8, 4) is 44.5 Å². The molecule has 0 bridgehead atoms. The van der Waals surface area contributed by atoms with Crippen molar-refractivity contribution in [2.75, 3.05) is 0 Å². The average Bonchev–Trinajstić information content (AvgIpc) is 1.58. The van der Waals surface area contributed by atoms with Gasteiger partial charge in [0, 0.05) is 98.8 Å². The average molecular weight is 1950 g/mol. The first kappa shape index (κ1) is 107. The van der Waals surface area contributed by atoms with E-state index in [1.807, 2.05) is 237 Å². The van der Waals surface area contributed by atoms with E-state index in [1.54, 1.807) is 0 Å². The molecule has 146 heavy (non-hydrogen) atoms. The quantitative estimate of drug-likeness (QED) is 0.176. The molecule has 0 unspecified atom stereocenters. The fourth-order valence-electron chi connectivity index (χ4n) is 17.1. The van der Waals surface area contributed by atoms with E-state index in [9.17, 15) is 0 Å². The Kier molecular flexibility index (Phi) is 41.6. The third-order valence-corrected chi connectivity index (χ3v) is 27.4. The van der Waals surface area contributed by atoms with Gasteiger partial charge in [0.25, 0.3) is 0 Å². The van der Waals surface area contributed by atoms with Crippen LogP contribution >= 0.6 is 34.0 Å². The van der Waals surface area contributed by atoms with Crippen LogP contribution in [0.4, 0.5) is 0 Å². The van der Waals surface area contributed by atoms with Crippen LogP contribution in [0, 0.1) is 34.6 Å². The van der Waals surface area contributed by atoms with Gasteiger partial charge in [0.15, 0.2) is 0 Å². The Morgan fingerprint density at radius 1 is 0.151 bits per heavy atom. The van der Waals surface area contributed by atoms with E-state index in [2.05, 4.69) is 429 Å². The summed E-state index contributed by atoms with van der Waals surface area (Å²) in [7, 11) is 0. The van der Waals surface area contributed by atoms with E-state index >= 15 is 0 Å². The lowest BCUT2D eigenvalue weighted by Gasteiger charge is -2.08. The SMILES string of the molecule is CC.CC.CC.CC.CC.Cc1ccccc1.Cc1ccccc1.Cc1ccccc1.Cc1ccccc1.Cc1ccccc1.c1ccc(-c2cc3ccccc3c3c2oc2ccccc23)cc1.c1ccc(-c2cc3ccccc3c3c2sc2ccccc23)cc1.c1ccc(-c2cccc3c2oc2ccccc23)cc1.c1ccc(-c2cccc3c2sc2ccccc23)cc1.c1ccc2cc3c(cc2c1)sc1ccccc13. The number of benzene rings is 22. The minimum Gasteiger partial charge on any atom is -0.455 e. The van der Waals surface area contributed by atoms with E-state index in [4.69, 9.17) is 8.83 Å². The molecule has 0 saturated heterocycles. The van der Waals surface area contributed by atoms with Crippen molar-refractivity contribution in [3.05, 3.63) is 556 Å². The highest BCUT2D eigenvalue weighted by Crippen LogP contribution is 2.47. The molecular formula is C141H132O2S3. The molecule has 2 nitrogen and oxygen atoms in total. The van der Waals surface area contributed by atoms with Crippen molar-refractivity contribution in [2.24, 2.45) is 0 Å². The summed E-state index contributed by atoms with van der Waals surface area (Å²) in [5, 5.41) is 20.8. The molecule has 0 aliphatic rings. The van der Waals surface area contributed by atoms with Crippen molar-refractivity contribution in [1.29, 1.82) is 0 Å². The molecule has 27 rings (SSSR count). The summed E-state index contributed by atoms with van der Waals surface area (Å²) in [4.78, 5) is 0. The molecule has 27 aromatic rings. The topological polar surface area (TPSA) is 26.3 Å². The van der Waals surface area contributed by atoms with Gasteiger partial charge in [-0.3, -0.25) is 0 Å². The van der Waals surface area contributed by atoms with Crippen LogP contribution in [0.3, 0.4) is 0 Å². The first-order chi connectivity index (χ1) is 72.1. The maximum Gasteiger partial charge on any atom is 0.143 e. The summed E-state index contributed by atoms with van der Waals surface area (Å²) in [5.41, 5.74) is 20.3. The number of fused-ring (bicyclic) bond motifs is 20. The summed E-state index contributed by atoms with van der Waals surface area (Å²) < 4.78 is 20.5. The number of furan rings is 2. The number of hydrogen-bond donors (Lipinski definition) is 0. The van der Waals surface area contributed by atoms with Crippen LogP contribution in [-0.2, 0) is 0 Å². The molecule has 0 fully saturated rings. The van der Waals surface area contributed by atoms with Gasteiger partial charge in [0.05, 0.1) is 0 Å². The number of rotatable bonds is 4. The predicted molar refractivity (Wildman–Crippen MR) is 652 cm³/mol. The van der Waals surface area contributed by atoms with Crippen molar-refractivity contribution in [1.82, 2.24) is 0 Å². The summed E-state index contributed by atoms with van der Waals surface area (Å²) in [6, 6.07) is 184. The molecule has 22 aromatic carbocycles. The molecule has 0 saturated carbocycles. The Balaban J connectivity index is 0.000000138. The minimum absolute atomic E-state index is 0.941. The smallest absolute Gasteiger partial charge is 0.143 e. The molecule has 0 aliphatic carbocycles. The zero-order valence-electron chi connectivity index (χ0n) is 86.8. The van der Waals surface area contributed by atoms with Gasteiger partial charge in [-0.25, -0.2) is 0 Å². The Morgan fingerprint density at radius 2 is 0.432 bits per heavy atom. The number of hydrogen-bond acceptors (Lipinski definition) is 5. The Labute approximate surface area is 876 Å². The van der Waals surface area contributed by atoms with Gasteiger partial charge in [-0.05, 0) is 149 Å². The van der Waals surface area contributed by atoms with E-state index in [1.165, 1.54) is 176 Å². The van der Waals surface area contributed by atoms with Crippen LogP contribution in [0.25, 0.3) is 181 Å². The number of para-hydroxylation sites is 3. The second kappa shape index (κ2) is 56.7. The monoisotopic (exact) mass is 1950 g/mol. The lowest BCUT2D eigenvalue weighted by atomic mass is 9.96. The summed E-state index contributed by atoms with van der Waals surface area (Å²) in [5.74, 6) is 0. The van der Waals surface area contributed by atoms with Crippen LogP contribution in [0.15, 0.2) is 537 Å². The Hall–Kier alpha value is -16.1. The van der Waals surface area contributed by atoms with Gasteiger partial charge in [0.2, 0.25) is 0 Å². The van der Waals surface area contributed by atoms with Crippen LogP contribution in [0.5, 0.6) is 0 Å².